The molecule has 0 aliphatic rings. The quantitative estimate of drug-likeness (QED) is 0.865. The first-order chi connectivity index (χ1) is 7.49. The van der Waals surface area contributed by atoms with Crippen molar-refractivity contribution in [2.45, 2.75) is 26.5 Å². The van der Waals surface area contributed by atoms with Gasteiger partial charge in [-0.1, -0.05) is 0 Å². The average Bonchev–Trinajstić information content (AvgIpc) is 2.15. The number of carbonyl (C=O) groups is 1. The fraction of sp³-hybridized carbons (Fsp3) is 0.364. The Kier molecular flexibility index (Phi) is 4.22. The number of ether oxygens (including phenoxy) is 1. The summed E-state index contributed by atoms with van der Waals surface area (Å²) in [6.07, 6.45) is -0.626. The largest absolute Gasteiger partial charge is 0.445 e. The summed E-state index contributed by atoms with van der Waals surface area (Å²) in [6.45, 7) is 3.34. The number of benzene rings is 1. The zero-order valence-electron chi connectivity index (χ0n) is 9.09. The van der Waals surface area contributed by atoms with Crippen LogP contribution >= 0.6 is 0 Å². The van der Waals surface area contributed by atoms with Crippen molar-refractivity contribution in [3.8, 4) is 0 Å². The van der Waals surface area contributed by atoms with E-state index in [1.807, 2.05) is 0 Å². The third-order valence-electron chi connectivity index (χ3n) is 1.78. The zero-order chi connectivity index (χ0) is 12.1. The molecule has 0 saturated heterocycles. The lowest BCUT2D eigenvalue weighted by Crippen LogP contribution is -2.30. The molecule has 88 valence electrons. The van der Waals surface area contributed by atoms with Gasteiger partial charge in [-0.05, 0) is 26.0 Å². The minimum absolute atomic E-state index is 0.0504. The molecule has 0 aliphatic heterocycles. The lowest BCUT2D eigenvalue weighted by molar-refractivity contribution is 0.136. The normalized spacial score (nSPS) is 10.3. The maximum Gasteiger partial charge on any atom is 0.407 e. The summed E-state index contributed by atoms with van der Waals surface area (Å²) in [5.41, 5.74) is 0.139. The second-order valence-corrected chi connectivity index (χ2v) is 3.61. The molecule has 0 saturated carbocycles. The highest BCUT2D eigenvalue weighted by atomic mass is 19.1. The molecule has 3 nitrogen and oxygen atoms in total. The zero-order valence-corrected chi connectivity index (χ0v) is 9.09. The molecule has 1 aromatic carbocycles. The highest BCUT2D eigenvalue weighted by Crippen LogP contribution is 2.10. The fourth-order valence-electron chi connectivity index (χ4n) is 1.06. The third-order valence-corrected chi connectivity index (χ3v) is 1.78. The van der Waals surface area contributed by atoms with Crippen LogP contribution < -0.4 is 5.32 Å². The van der Waals surface area contributed by atoms with Crippen molar-refractivity contribution in [2.24, 2.45) is 0 Å². The second-order valence-electron chi connectivity index (χ2n) is 3.61. The lowest BCUT2D eigenvalue weighted by atomic mass is 10.2. The maximum absolute atomic E-state index is 13.1. The van der Waals surface area contributed by atoms with Crippen molar-refractivity contribution in [3.05, 3.63) is 35.4 Å². The maximum atomic E-state index is 13.1. The van der Waals surface area contributed by atoms with Crippen molar-refractivity contribution >= 4 is 6.09 Å². The van der Waals surface area contributed by atoms with E-state index in [0.29, 0.717) is 0 Å². The molecule has 0 aliphatic carbocycles. The first-order valence-corrected chi connectivity index (χ1v) is 4.86. The molecule has 0 radical (unpaired) electrons. The molecular formula is C11H13F2NO2. The Labute approximate surface area is 92.4 Å². The molecule has 0 bridgehead atoms. The van der Waals surface area contributed by atoms with Gasteiger partial charge in [0.05, 0.1) is 0 Å². The molecule has 1 aromatic rings. The predicted molar refractivity (Wildman–Crippen MR) is 54.8 cm³/mol. The monoisotopic (exact) mass is 229 g/mol. The van der Waals surface area contributed by atoms with Crippen molar-refractivity contribution < 1.29 is 18.3 Å². The van der Waals surface area contributed by atoms with Crippen LogP contribution in [-0.2, 0) is 11.3 Å². The van der Waals surface area contributed by atoms with E-state index in [1.54, 1.807) is 13.8 Å². The van der Waals surface area contributed by atoms with Gasteiger partial charge in [0.2, 0.25) is 0 Å². The average molecular weight is 229 g/mol. The van der Waals surface area contributed by atoms with Crippen molar-refractivity contribution in [3.63, 3.8) is 0 Å². The van der Waals surface area contributed by atoms with Gasteiger partial charge in [0.15, 0.2) is 0 Å². The number of carbonyl (C=O) groups excluding carboxylic acids is 1. The Balaban J connectivity index is 2.51. The molecule has 0 aromatic heterocycles. The number of halogens is 2. The molecule has 1 N–H and O–H groups in total. The number of rotatable bonds is 3. The number of amides is 1. The SMILES string of the molecule is CC(C)NC(=O)OCc1ccc(F)cc1F. The molecule has 1 amide bonds. The van der Waals surface area contributed by atoms with Crippen LogP contribution in [0.15, 0.2) is 18.2 Å². The smallest absolute Gasteiger partial charge is 0.407 e. The number of hydrogen-bond acceptors (Lipinski definition) is 2. The van der Waals surface area contributed by atoms with Gasteiger partial charge in [-0.15, -0.1) is 0 Å². The Morgan fingerprint density at radius 1 is 1.44 bits per heavy atom. The van der Waals surface area contributed by atoms with Gasteiger partial charge in [-0.25, -0.2) is 13.6 Å². The Hall–Kier alpha value is -1.65. The Morgan fingerprint density at radius 2 is 2.12 bits per heavy atom. The van der Waals surface area contributed by atoms with Gasteiger partial charge < -0.3 is 10.1 Å². The molecule has 0 spiro atoms. The van der Waals surface area contributed by atoms with E-state index in [0.717, 1.165) is 12.1 Å². The van der Waals surface area contributed by atoms with Crippen LogP contribution in [0.2, 0.25) is 0 Å². The van der Waals surface area contributed by atoms with Crippen molar-refractivity contribution in [1.29, 1.82) is 0 Å². The van der Waals surface area contributed by atoms with E-state index in [1.165, 1.54) is 6.07 Å². The summed E-state index contributed by atoms with van der Waals surface area (Å²) in [4.78, 5) is 11.1. The van der Waals surface area contributed by atoms with Crippen LogP contribution in [0, 0.1) is 11.6 Å². The molecule has 1 rings (SSSR count). The summed E-state index contributed by atoms with van der Waals surface area (Å²) in [5.74, 6) is -1.38. The van der Waals surface area contributed by atoms with Crippen LogP contribution in [-0.4, -0.2) is 12.1 Å². The summed E-state index contributed by atoms with van der Waals surface area (Å²) >= 11 is 0. The van der Waals surface area contributed by atoms with E-state index < -0.39 is 17.7 Å². The van der Waals surface area contributed by atoms with Gasteiger partial charge in [-0.3, -0.25) is 0 Å². The summed E-state index contributed by atoms with van der Waals surface area (Å²) < 4.78 is 30.4. The molecule has 0 atom stereocenters. The number of hydrogen-bond donors (Lipinski definition) is 1. The minimum atomic E-state index is -0.725. The van der Waals surface area contributed by atoms with E-state index >= 15 is 0 Å². The van der Waals surface area contributed by atoms with Gasteiger partial charge in [-0.2, -0.15) is 0 Å². The summed E-state index contributed by atoms with van der Waals surface area (Å²) in [6, 6.07) is 3.06. The molecule has 0 heterocycles. The molecule has 16 heavy (non-hydrogen) atoms. The molecule has 0 fully saturated rings. The lowest BCUT2D eigenvalue weighted by Gasteiger charge is -2.09. The van der Waals surface area contributed by atoms with E-state index in [-0.39, 0.29) is 18.2 Å². The van der Waals surface area contributed by atoms with Gasteiger partial charge in [0, 0.05) is 17.7 Å². The molecule has 5 heteroatoms. The second kappa shape index (κ2) is 5.44. The van der Waals surface area contributed by atoms with Crippen LogP contribution in [0.4, 0.5) is 13.6 Å². The standard InChI is InChI=1S/C11H13F2NO2/c1-7(2)14-11(15)16-6-8-3-4-9(12)5-10(8)13/h3-5,7H,6H2,1-2H3,(H,14,15). The van der Waals surface area contributed by atoms with Crippen LogP contribution in [0.1, 0.15) is 19.4 Å². The summed E-state index contributed by atoms with van der Waals surface area (Å²) in [7, 11) is 0. The first kappa shape index (κ1) is 12.4. The third kappa shape index (κ3) is 3.84. The van der Waals surface area contributed by atoms with Crippen LogP contribution in [0.25, 0.3) is 0 Å². The van der Waals surface area contributed by atoms with Crippen molar-refractivity contribution in [2.75, 3.05) is 0 Å². The molecular weight excluding hydrogens is 216 g/mol. The van der Waals surface area contributed by atoms with E-state index in [9.17, 15) is 13.6 Å². The van der Waals surface area contributed by atoms with E-state index in [4.69, 9.17) is 4.74 Å². The van der Waals surface area contributed by atoms with Crippen LogP contribution in [0.5, 0.6) is 0 Å². The topological polar surface area (TPSA) is 38.3 Å². The summed E-state index contributed by atoms with van der Waals surface area (Å²) in [5, 5.41) is 2.49. The van der Waals surface area contributed by atoms with Gasteiger partial charge >= 0.3 is 6.09 Å². The first-order valence-electron chi connectivity index (χ1n) is 4.86. The number of alkyl carbamates (subject to hydrolysis) is 1. The van der Waals surface area contributed by atoms with Gasteiger partial charge in [0.25, 0.3) is 0 Å². The van der Waals surface area contributed by atoms with Crippen molar-refractivity contribution in [1.82, 2.24) is 5.32 Å². The van der Waals surface area contributed by atoms with E-state index in [2.05, 4.69) is 5.32 Å². The minimum Gasteiger partial charge on any atom is -0.445 e. The number of nitrogens with one attached hydrogen (secondary N) is 1. The fourth-order valence-corrected chi connectivity index (χ4v) is 1.06. The Morgan fingerprint density at radius 3 is 2.69 bits per heavy atom. The predicted octanol–water partition coefficient (Wildman–Crippen LogP) is 2.60. The Bertz CT molecular complexity index is 380. The van der Waals surface area contributed by atoms with Crippen LogP contribution in [0.3, 0.4) is 0 Å². The van der Waals surface area contributed by atoms with Gasteiger partial charge in [0.1, 0.15) is 18.2 Å². The highest BCUT2D eigenvalue weighted by molar-refractivity contribution is 5.67. The molecule has 0 unspecified atom stereocenters. The highest BCUT2D eigenvalue weighted by Gasteiger charge is 2.08.